The maximum atomic E-state index is 10.9. The van der Waals surface area contributed by atoms with Crippen LogP contribution in [0.15, 0.2) is 11.6 Å². The van der Waals surface area contributed by atoms with Gasteiger partial charge >= 0.3 is 0 Å². The number of hydrogen-bond acceptors (Lipinski definition) is 1. The number of aliphatic hydroxyl groups excluding tert-OH is 1. The van der Waals surface area contributed by atoms with Gasteiger partial charge in [-0.05, 0) is 114 Å². The molecular formula is C30H50O. The second-order valence-corrected chi connectivity index (χ2v) is 15.2. The topological polar surface area (TPSA) is 20.2 Å². The molecule has 0 heterocycles. The lowest BCUT2D eigenvalue weighted by atomic mass is 9.33. The van der Waals surface area contributed by atoms with Crippen molar-refractivity contribution >= 4 is 0 Å². The largest absolute Gasteiger partial charge is 0.393 e. The lowest BCUT2D eigenvalue weighted by Crippen LogP contribution is -2.64. The number of hydrogen-bond donors (Lipinski definition) is 1. The molecule has 0 aromatic heterocycles. The number of rotatable bonds is 0. The minimum Gasteiger partial charge on any atom is -0.393 e. The van der Waals surface area contributed by atoms with Crippen molar-refractivity contribution in [3.05, 3.63) is 11.6 Å². The summed E-state index contributed by atoms with van der Waals surface area (Å²) in [6, 6.07) is 0. The van der Waals surface area contributed by atoms with Gasteiger partial charge in [-0.2, -0.15) is 0 Å². The molecule has 0 radical (unpaired) electrons. The van der Waals surface area contributed by atoms with Crippen molar-refractivity contribution in [2.45, 2.75) is 126 Å². The van der Waals surface area contributed by atoms with Crippen LogP contribution in [0.4, 0.5) is 0 Å². The molecule has 0 amide bonds. The first-order valence-corrected chi connectivity index (χ1v) is 13.6. The Bertz CT molecular complexity index is 790. The van der Waals surface area contributed by atoms with Crippen molar-refractivity contribution in [3.8, 4) is 0 Å². The summed E-state index contributed by atoms with van der Waals surface area (Å²) in [6.07, 6.45) is 15.9. The quantitative estimate of drug-likeness (QED) is 0.387. The van der Waals surface area contributed by atoms with Gasteiger partial charge in [0.2, 0.25) is 0 Å². The summed E-state index contributed by atoms with van der Waals surface area (Å²) in [5, 5.41) is 10.9. The number of fused-ring (bicyclic) bond motifs is 7. The van der Waals surface area contributed by atoms with Gasteiger partial charge in [-0.3, -0.25) is 0 Å². The van der Waals surface area contributed by atoms with Crippen LogP contribution in [-0.4, -0.2) is 11.2 Å². The molecule has 5 aliphatic rings. The Labute approximate surface area is 192 Å². The molecule has 4 fully saturated rings. The van der Waals surface area contributed by atoms with Crippen LogP contribution in [0.3, 0.4) is 0 Å². The summed E-state index contributed by atoms with van der Waals surface area (Å²) in [6.45, 7) is 20.4. The van der Waals surface area contributed by atoms with Gasteiger partial charge < -0.3 is 5.11 Å². The molecule has 4 saturated carbocycles. The highest BCUT2D eigenvalue weighted by atomic mass is 16.3. The van der Waals surface area contributed by atoms with Gasteiger partial charge in [0, 0.05) is 0 Å². The molecule has 1 heteroatoms. The minimum absolute atomic E-state index is 0.0533. The molecule has 5 aliphatic carbocycles. The average Bonchev–Trinajstić information content (AvgIpc) is 2.67. The van der Waals surface area contributed by atoms with Crippen LogP contribution in [0.25, 0.3) is 0 Å². The fraction of sp³-hybridized carbons (Fsp3) is 0.933. The lowest BCUT2D eigenvalue weighted by molar-refractivity contribution is -0.202. The summed E-state index contributed by atoms with van der Waals surface area (Å²) in [4.78, 5) is 0. The molecule has 0 spiro atoms. The predicted octanol–water partition coefficient (Wildman–Crippen LogP) is 8.17. The van der Waals surface area contributed by atoms with Crippen LogP contribution in [0.5, 0.6) is 0 Å². The molecule has 176 valence electrons. The van der Waals surface area contributed by atoms with Crippen molar-refractivity contribution < 1.29 is 5.11 Å². The second-order valence-electron chi connectivity index (χ2n) is 15.2. The molecule has 0 bridgehead atoms. The van der Waals surface area contributed by atoms with E-state index in [0.29, 0.717) is 33.0 Å². The standard InChI is InChI=1S/C30H50O/c1-25(2)15-16-27(5)17-18-29(7)20(21(27)19-25)9-10-23-28(6)13-12-24(31)26(3,4)22(28)11-14-30(23,29)8/h9,21-24,31H,10-19H2,1-8H3/t21-,22-,23-,24-,27+,28-,29-,30-/m0/s1. The van der Waals surface area contributed by atoms with E-state index in [9.17, 15) is 5.11 Å². The summed E-state index contributed by atoms with van der Waals surface area (Å²) in [5.41, 5.74) is 4.09. The van der Waals surface area contributed by atoms with Gasteiger partial charge in [0.15, 0.2) is 0 Å². The molecule has 5 rings (SSSR count). The van der Waals surface area contributed by atoms with Gasteiger partial charge in [0.25, 0.3) is 0 Å². The van der Waals surface area contributed by atoms with E-state index in [1.807, 2.05) is 5.57 Å². The van der Waals surface area contributed by atoms with E-state index in [4.69, 9.17) is 0 Å². The second kappa shape index (κ2) is 6.43. The fourth-order valence-electron chi connectivity index (χ4n) is 10.5. The molecular weight excluding hydrogens is 376 g/mol. The summed E-state index contributed by atoms with van der Waals surface area (Å²) >= 11 is 0. The maximum absolute atomic E-state index is 10.9. The Kier molecular flexibility index (Phi) is 4.66. The zero-order valence-electron chi connectivity index (χ0n) is 21.9. The SMILES string of the molecule is CC1(C)CC[C@]2(C)CC[C@@]3(C)C(=CC[C@H]4[C@@]5(C)CC[C@H](O)C(C)(C)[C@@H]5CC[C@@]43C)[C@@H]2C1. The Morgan fingerprint density at radius 3 is 2.16 bits per heavy atom. The van der Waals surface area contributed by atoms with Crippen LogP contribution in [-0.2, 0) is 0 Å². The van der Waals surface area contributed by atoms with Crippen LogP contribution in [0.1, 0.15) is 120 Å². The minimum atomic E-state index is -0.125. The maximum Gasteiger partial charge on any atom is 0.0594 e. The van der Waals surface area contributed by atoms with Crippen molar-refractivity contribution in [2.75, 3.05) is 0 Å². The molecule has 8 atom stereocenters. The van der Waals surface area contributed by atoms with Gasteiger partial charge in [-0.25, -0.2) is 0 Å². The van der Waals surface area contributed by atoms with Gasteiger partial charge in [0.1, 0.15) is 0 Å². The van der Waals surface area contributed by atoms with Crippen LogP contribution >= 0.6 is 0 Å². The first-order chi connectivity index (χ1) is 14.2. The molecule has 1 nitrogen and oxygen atoms in total. The van der Waals surface area contributed by atoms with E-state index in [-0.39, 0.29) is 11.5 Å². The lowest BCUT2D eigenvalue weighted by Gasteiger charge is -2.71. The zero-order chi connectivity index (χ0) is 22.7. The van der Waals surface area contributed by atoms with E-state index >= 15 is 0 Å². The predicted molar refractivity (Wildman–Crippen MR) is 131 cm³/mol. The third-order valence-electron chi connectivity index (χ3n) is 13.0. The Balaban J connectivity index is 1.57. The van der Waals surface area contributed by atoms with E-state index in [2.05, 4.69) is 61.5 Å². The van der Waals surface area contributed by atoms with Gasteiger partial charge in [0.05, 0.1) is 6.10 Å². The number of allylic oxidation sites excluding steroid dienone is 2. The zero-order valence-corrected chi connectivity index (χ0v) is 21.9. The first kappa shape index (κ1) is 22.5. The molecule has 31 heavy (non-hydrogen) atoms. The van der Waals surface area contributed by atoms with E-state index in [0.717, 1.165) is 18.3 Å². The van der Waals surface area contributed by atoms with Crippen molar-refractivity contribution in [3.63, 3.8) is 0 Å². The molecule has 0 aromatic rings. The van der Waals surface area contributed by atoms with Crippen molar-refractivity contribution in [2.24, 2.45) is 50.2 Å². The van der Waals surface area contributed by atoms with Crippen molar-refractivity contribution in [1.82, 2.24) is 0 Å². The van der Waals surface area contributed by atoms with Gasteiger partial charge in [-0.15, -0.1) is 0 Å². The van der Waals surface area contributed by atoms with Crippen LogP contribution in [0, 0.1) is 50.2 Å². The summed E-state index contributed by atoms with van der Waals surface area (Å²) in [5.74, 6) is 2.21. The molecule has 0 saturated heterocycles. The van der Waals surface area contributed by atoms with E-state index < -0.39 is 0 Å². The first-order valence-electron chi connectivity index (χ1n) is 13.6. The Hall–Kier alpha value is -0.300. The monoisotopic (exact) mass is 426 g/mol. The Morgan fingerprint density at radius 2 is 1.45 bits per heavy atom. The summed E-state index contributed by atoms with van der Waals surface area (Å²) in [7, 11) is 0. The van der Waals surface area contributed by atoms with Crippen LogP contribution in [0.2, 0.25) is 0 Å². The average molecular weight is 427 g/mol. The third-order valence-corrected chi connectivity index (χ3v) is 13.0. The number of aliphatic hydroxyl groups is 1. The smallest absolute Gasteiger partial charge is 0.0594 e. The summed E-state index contributed by atoms with van der Waals surface area (Å²) < 4.78 is 0. The van der Waals surface area contributed by atoms with E-state index in [1.54, 1.807) is 0 Å². The Morgan fingerprint density at radius 1 is 0.774 bits per heavy atom. The molecule has 1 N–H and O–H groups in total. The fourth-order valence-corrected chi connectivity index (χ4v) is 10.5. The molecule has 0 aromatic carbocycles. The van der Waals surface area contributed by atoms with Crippen LogP contribution < -0.4 is 0 Å². The third kappa shape index (κ3) is 2.77. The molecule has 0 unspecified atom stereocenters. The molecule has 0 aliphatic heterocycles. The highest BCUT2D eigenvalue weighted by Crippen LogP contribution is 2.75. The highest BCUT2D eigenvalue weighted by Gasteiger charge is 2.67. The highest BCUT2D eigenvalue weighted by molar-refractivity contribution is 5.33. The van der Waals surface area contributed by atoms with Crippen molar-refractivity contribution in [1.29, 1.82) is 0 Å². The normalized spacial score (nSPS) is 55.2. The van der Waals surface area contributed by atoms with E-state index in [1.165, 1.54) is 57.8 Å². The van der Waals surface area contributed by atoms with Gasteiger partial charge in [-0.1, -0.05) is 67.0 Å².